The molecule has 0 bridgehead atoms. The minimum absolute atomic E-state index is 0.267. The summed E-state index contributed by atoms with van der Waals surface area (Å²) in [6, 6.07) is 10.8. The van der Waals surface area contributed by atoms with Gasteiger partial charge in [0.05, 0.1) is 11.7 Å². The molecule has 0 fully saturated rings. The van der Waals surface area contributed by atoms with Gasteiger partial charge in [0.2, 0.25) is 5.91 Å². The van der Waals surface area contributed by atoms with Gasteiger partial charge in [-0.3, -0.25) is 14.2 Å². The van der Waals surface area contributed by atoms with Gasteiger partial charge in [0, 0.05) is 16.6 Å². The summed E-state index contributed by atoms with van der Waals surface area (Å²) in [4.78, 5) is 31.0. The number of rotatable bonds is 4. The molecule has 0 spiro atoms. The second-order valence-corrected chi connectivity index (χ2v) is 8.12. The molecule has 0 aliphatic rings. The van der Waals surface area contributed by atoms with Crippen LogP contribution in [-0.4, -0.2) is 15.5 Å². The molecule has 4 aromatic rings. The molecule has 0 aliphatic heterocycles. The smallest absolute Gasteiger partial charge is 0.263 e. The summed E-state index contributed by atoms with van der Waals surface area (Å²) < 4.78 is 14.4. The minimum Gasteiger partial charge on any atom is -0.324 e. The van der Waals surface area contributed by atoms with Crippen LogP contribution in [0.5, 0.6) is 0 Å². The van der Waals surface area contributed by atoms with E-state index in [9.17, 15) is 14.0 Å². The molecule has 2 aromatic carbocycles. The zero-order chi connectivity index (χ0) is 21.4. The number of thiophene rings is 1. The molecule has 5 nitrogen and oxygen atoms in total. The highest BCUT2D eigenvalue weighted by atomic mass is 32.1. The number of nitrogens with one attached hydrogen (secondary N) is 1. The maximum Gasteiger partial charge on any atom is 0.263 e. The first-order valence-electron chi connectivity index (χ1n) is 9.47. The number of nitrogens with zero attached hydrogens (tertiary/aromatic N) is 2. The molecule has 30 heavy (non-hydrogen) atoms. The number of fused-ring (bicyclic) bond motifs is 1. The number of benzene rings is 2. The topological polar surface area (TPSA) is 64.0 Å². The third-order valence-electron chi connectivity index (χ3n) is 5.25. The number of hydrogen-bond donors (Lipinski definition) is 1. The Bertz CT molecular complexity index is 1310. The summed E-state index contributed by atoms with van der Waals surface area (Å²) in [5.74, 6) is -0.768. The Morgan fingerprint density at radius 3 is 2.57 bits per heavy atom. The van der Waals surface area contributed by atoms with E-state index in [0.717, 1.165) is 16.7 Å². The van der Waals surface area contributed by atoms with E-state index >= 15 is 0 Å². The largest absolute Gasteiger partial charge is 0.324 e. The summed E-state index contributed by atoms with van der Waals surface area (Å²) in [5, 5.41) is 5.14. The molecule has 1 N–H and O–H groups in total. The van der Waals surface area contributed by atoms with Crippen molar-refractivity contribution >= 4 is 33.1 Å². The van der Waals surface area contributed by atoms with Crippen LogP contribution in [-0.2, 0) is 4.79 Å². The molecule has 7 heteroatoms. The Morgan fingerprint density at radius 2 is 1.87 bits per heavy atom. The van der Waals surface area contributed by atoms with E-state index in [2.05, 4.69) is 16.4 Å². The predicted molar refractivity (Wildman–Crippen MR) is 119 cm³/mol. The molecule has 1 atom stereocenters. The van der Waals surface area contributed by atoms with Gasteiger partial charge in [-0.05, 0) is 61.7 Å². The molecule has 4 rings (SSSR count). The average Bonchev–Trinajstić information content (AvgIpc) is 3.16. The molecule has 0 saturated carbocycles. The van der Waals surface area contributed by atoms with E-state index in [1.165, 1.54) is 52.1 Å². The van der Waals surface area contributed by atoms with Crippen LogP contribution in [0.3, 0.4) is 0 Å². The van der Waals surface area contributed by atoms with Gasteiger partial charge < -0.3 is 5.32 Å². The Balaban J connectivity index is 1.72. The van der Waals surface area contributed by atoms with Crippen LogP contribution in [0.4, 0.5) is 10.1 Å². The third kappa shape index (κ3) is 3.64. The molecular formula is C23H20FN3O2S. The average molecular weight is 421 g/mol. The molecule has 0 saturated heterocycles. The van der Waals surface area contributed by atoms with E-state index in [0.29, 0.717) is 15.9 Å². The molecule has 2 heterocycles. The summed E-state index contributed by atoms with van der Waals surface area (Å²) in [6.45, 7) is 5.71. The lowest BCUT2D eigenvalue weighted by Crippen LogP contribution is -2.31. The first kappa shape index (κ1) is 20.0. The zero-order valence-electron chi connectivity index (χ0n) is 16.8. The lowest BCUT2D eigenvalue weighted by molar-refractivity contribution is -0.118. The number of carbonyl (C=O) groups is 1. The fraction of sp³-hybridized carbons (Fsp3) is 0.174. The first-order valence-corrected chi connectivity index (χ1v) is 10.4. The third-order valence-corrected chi connectivity index (χ3v) is 6.13. The number of aromatic nitrogens is 2. The van der Waals surface area contributed by atoms with Crippen LogP contribution in [0.1, 0.15) is 24.1 Å². The monoisotopic (exact) mass is 421 g/mol. The van der Waals surface area contributed by atoms with E-state index < -0.39 is 6.04 Å². The van der Waals surface area contributed by atoms with Crippen molar-refractivity contribution in [2.75, 3.05) is 5.32 Å². The summed E-state index contributed by atoms with van der Waals surface area (Å²) in [7, 11) is 0. The van der Waals surface area contributed by atoms with E-state index in [-0.39, 0.29) is 17.3 Å². The Hall–Kier alpha value is -3.32. The SMILES string of the molecule is Cc1ccc(-c2csc3ncn(C(C)C(=O)Nc4ccc(F)cc4)c(=O)c23)cc1C. The van der Waals surface area contributed by atoms with Crippen LogP contribution in [0.2, 0.25) is 0 Å². The molecule has 2 aromatic heterocycles. The standard InChI is InChI=1S/C23H20FN3O2S/c1-13-4-5-16(10-14(13)2)19-11-30-22-20(19)23(29)27(12-25-22)15(3)21(28)26-18-8-6-17(24)7-9-18/h4-12,15H,1-3H3,(H,26,28). The molecular weight excluding hydrogens is 401 g/mol. The maximum atomic E-state index is 13.3. The van der Waals surface area contributed by atoms with Gasteiger partial charge in [-0.15, -0.1) is 11.3 Å². The van der Waals surface area contributed by atoms with Gasteiger partial charge in [-0.2, -0.15) is 0 Å². The summed E-state index contributed by atoms with van der Waals surface area (Å²) >= 11 is 1.41. The van der Waals surface area contributed by atoms with Gasteiger partial charge >= 0.3 is 0 Å². The van der Waals surface area contributed by atoms with Crippen molar-refractivity contribution < 1.29 is 9.18 Å². The predicted octanol–water partition coefficient (Wildman–Crippen LogP) is 5.08. The highest BCUT2D eigenvalue weighted by molar-refractivity contribution is 7.17. The quantitative estimate of drug-likeness (QED) is 0.500. The van der Waals surface area contributed by atoms with Gasteiger partial charge in [0.15, 0.2) is 0 Å². The van der Waals surface area contributed by atoms with E-state index in [4.69, 9.17) is 0 Å². The lowest BCUT2D eigenvalue weighted by Gasteiger charge is -2.15. The number of halogens is 1. The van der Waals surface area contributed by atoms with Crippen LogP contribution in [0, 0.1) is 19.7 Å². The highest BCUT2D eigenvalue weighted by Crippen LogP contribution is 2.32. The Labute approximate surface area is 176 Å². The lowest BCUT2D eigenvalue weighted by atomic mass is 10.0. The number of anilines is 1. The number of amides is 1. The second kappa shape index (κ2) is 7.84. The summed E-state index contributed by atoms with van der Waals surface area (Å²) in [6.07, 6.45) is 1.40. The normalized spacial score (nSPS) is 12.1. The van der Waals surface area contributed by atoms with E-state index in [1.807, 2.05) is 31.4 Å². The highest BCUT2D eigenvalue weighted by Gasteiger charge is 2.20. The number of aryl methyl sites for hydroxylation is 2. The minimum atomic E-state index is -0.785. The molecule has 1 unspecified atom stereocenters. The van der Waals surface area contributed by atoms with Crippen molar-refractivity contribution in [3.05, 3.63) is 81.5 Å². The molecule has 1 amide bonds. The van der Waals surface area contributed by atoms with Crippen LogP contribution in [0.25, 0.3) is 21.3 Å². The Kier molecular flexibility index (Phi) is 5.22. The second-order valence-electron chi connectivity index (χ2n) is 7.26. The number of carbonyl (C=O) groups excluding carboxylic acids is 1. The Morgan fingerprint density at radius 1 is 1.13 bits per heavy atom. The van der Waals surface area contributed by atoms with Crippen molar-refractivity contribution in [3.63, 3.8) is 0 Å². The van der Waals surface area contributed by atoms with Crippen LogP contribution < -0.4 is 10.9 Å². The fourth-order valence-corrected chi connectivity index (χ4v) is 4.16. The maximum absolute atomic E-state index is 13.3. The molecule has 0 radical (unpaired) electrons. The fourth-order valence-electron chi connectivity index (χ4n) is 3.25. The van der Waals surface area contributed by atoms with Crippen LogP contribution in [0.15, 0.2) is 59.0 Å². The molecule has 0 aliphatic carbocycles. The molecule has 152 valence electrons. The van der Waals surface area contributed by atoms with E-state index in [1.54, 1.807) is 6.92 Å². The van der Waals surface area contributed by atoms with Gasteiger partial charge in [0.25, 0.3) is 5.56 Å². The van der Waals surface area contributed by atoms with Gasteiger partial charge in [0.1, 0.15) is 16.7 Å². The van der Waals surface area contributed by atoms with Crippen molar-refractivity contribution in [2.45, 2.75) is 26.8 Å². The van der Waals surface area contributed by atoms with Crippen molar-refractivity contribution in [1.29, 1.82) is 0 Å². The van der Waals surface area contributed by atoms with Crippen molar-refractivity contribution in [3.8, 4) is 11.1 Å². The van der Waals surface area contributed by atoms with Crippen LogP contribution >= 0.6 is 11.3 Å². The zero-order valence-corrected chi connectivity index (χ0v) is 17.6. The first-order chi connectivity index (χ1) is 14.3. The van der Waals surface area contributed by atoms with Gasteiger partial charge in [-0.25, -0.2) is 9.37 Å². The van der Waals surface area contributed by atoms with Crippen molar-refractivity contribution in [2.24, 2.45) is 0 Å². The summed E-state index contributed by atoms with van der Waals surface area (Å²) in [5.41, 5.74) is 4.28. The number of hydrogen-bond acceptors (Lipinski definition) is 4. The van der Waals surface area contributed by atoms with Crippen molar-refractivity contribution in [1.82, 2.24) is 9.55 Å². The van der Waals surface area contributed by atoms with Gasteiger partial charge in [-0.1, -0.05) is 18.2 Å².